The van der Waals surface area contributed by atoms with Crippen LogP contribution in [0.4, 0.5) is 10.3 Å². The van der Waals surface area contributed by atoms with Crippen molar-refractivity contribution < 1.29 is 18.7 Å². The molecule has 0 aliphatic carbocycles. The van der Waals surface area contributed by atoms with E-state index in [4.69, 9.17) is 9.47 Å². The Morgan fingerprint density at radius 3 is 2.65 bits per heavy atom. The van der Waals surface area contributed by atoms with Gasteiger partial charge in [0.25, 0.3) is 5.91 Å². The summed E-state index contributed by atoms with van der Waals surface area (Å²) in [4.78, 5) is 29.5. The van der Waals surface area contributed by atoms with Gasteiger partial charge in [0.1, 0.15) is 29.6 Å². The molecular weight excluding hydrogens is 403 g/mol. The monoisotopic (exact) mass is 426 g/mol. The SMILES string of the molecule is COC1(C(=O)N2Cc3cncc(C#N)c3OC[C@H]2C)CCN(c2ncc(F)cn2)CC1. The lowest BCUT2D eigenvalue weighted by Crippen LogP contribution is -2.58. The topological polar surface area (TPSA) is 104 Å². The summed E-state index contributed by atoms with van der Waals surface area (Å²) in [5.74, 6) is 0.295. The lowest BCUT2D eigenvalue weighted by molar-refractivity contribution is -0.161. The first kappa shape index (κ1) is 20.9. The van der Waals surface area contributed by atoms with Crippen molar-refractivity contribution in [3.05, 3.63) is 41.7 Å². The van der Waals surface area contributed by atoms with Crippen LogP contribution >= 0.6 is 0 Å². The third-order valence-electron chi connectivity index (χ3n) is 5.93. The Hall–Kier alpha value is -3.32. The zero-order chi connectivity index (χ0) is 22.0. The number of fused-ring (bicyclic) bond motifs is 1. The first-order valence-corrected chi connectivity index (χ1v) is 10.1. The molecule has 31 heavy (non-hydrogen) atoms. The molecule has 0 radical (unpaired) electrons. The summed E-state index contributed by atoms with van der Waals surface area (Å²) < 4.78 is 24.8. The van der Waals surface area contributed by atoms with E-state index >= 15 is 0 Å². The minimum absolute atomic E-state index is 0.124. The van der Waals surface area contributed by atoms with E-state index in [0.717, 1.165) is 12.4 Å². The fourth-order valence-corrected chi connectivity index (χ4v) is 4.06. The second kappa shape index (κ2) is 8.43. The van der Waals surface area contributed by atoms with Crippen LogP contribution in [0.15, 0.2) is 24.8 Å². The Balaban J connectivity index is 1.54. The molecule has 2 aromatic heterocycles. The number of hydrogen-bond acceptors (Lipinski definition) is 8. The van der Waals surface area contributed by atoms with E-state index < -0.39 is 11.4 Å². The molecule has 2 aromatic rings. The number of halogens is 1. The Kier molecular flexibility index (Phi) is 5.69. The highest BCUT2D eigenvalue weighted by Crippen LogP contribution is 2.34. The molecule has 10 heteroatoms. The van der Waals surface area contributed by atoms with Gasteiger partial charge in [-0.25, -0.2) is 14.4 Å². The molecule has 1 atom stereocenters. The molecule has 1 amide bonds. The number of carbonyl (C=O) groups excluding carboxylic acids is 1. The van der Waals surface area contributed by atoms with Gasteiger partial charge in [-0.15, -0.1) is 0 Å². The fraction of sp³-hybridized carbons (Fsp3) is 0.476. The molecule has 0 spiro atoms. The molecule has 2 aliphatic rings. The second-order valence-electron chi connectivity index (χ2n) is 7.77. The molecule has 9 nitrogen and oxygen atoms in total. The van der Waals surface area contributed by atoms with Gasteiger partial charge in [-0.1, -0.05) is 0 Å². The molecule has 1 saturated heterocycles. The molecule has 1 fully saturated rings. The van der Waals surface area contributed by atoms with Crippen LogP contribution in [0, 0.1) is 17.1 Å². The Morgan fingerprint density at radius 2 is 2.00 bits per heavy atom. The number of anilines is 1. The number of hydrogen-bond donors (Lipinski definition) is 0. The molecule has 162 valence electrons. The van der Waals surface area contributed by atoms with Crippen molar-refractivity contribution in [2.24, 2.45) is 0 Å². The van der Waals surface area contributed by atoms with E-state index in [2.05, 4.69) is 21.0 Å². The van der Waals surface area contributed by atoms with E-state index in [1.165, 1.54) is 6.20 Å². The highest BCUT2D eigenvalue weighted by atomic mass is 19.1. The van der Waals surface area contributed by atoms with Crippen molar-refractivity contribution in [1.82, 2.24) is 19.9 Å². The van der Waals surface area contributed by atoms with Gasteiger partial charge in [0.15, 0.2) is 5.82 Å². The number of rotatable bonds is 3. The van der Waals surface area contributed by atoms with Gasteiger partial charge in [0, 0.05) is 51.0 Å². The van der Waals surface area contributed by atoms with Gasteiger partial charge >= 0.3 is 0 Å². The van der Waals surface area contributed by atoms with Crippen LogP contribution in [0.1, 0.15) is 30.9 Å². The standard InChI is InChI=1S/C21H23FN6O3/c1-14-13-31-18-15(7-23)8-24-9-16(18)12-28(14)19(29)21(30-2)3-5-27(6-4-21)20-25-10-17(22)11-26-20/h8-11,14H,3-6,12-13H2,1-2H3/t14-/m1/s1. The molecule has 2 aliphatic heterocycles. The molecule has 0 aromatic carbocycles. The molecule has 0 N–H and O–H groups in total. The summed E-state index contributed by atoms with van der Waals surface area (Å²) in [7, 11) is 1.55. The number of nitriles is 1. The van der Waals surface area contributed by atoms with Crippen LogP contribution in [0.2, 0.25) is 0 Å². The first-order chi connectivity index (χ1) is 15.0. The van der Waals surface area contributed by atoms with E-state index in [1.54, 1.807) is 18.2 Å². The van der Waals surface area contributed by atoms with Gasteiger partial charge in [0.05, 0.1) is 25.0 Å². The summed E-state index contributed by atoms with van der Waals surface area (Å²) >= 11 is 0. The van der Waals surface area contributed by atoms with Gasteiger partial charge < -0.3 is 19.3 Å². The van der Waals surface area contributed by atoms with E-state index in [0.29, 0.717) is 48.8 Å². The van der Waals surface area contributed by atoms with Crippen LogP contribution in [0.5, 0.6) is 5.75 Å². The molecule has 4 heterocycles. The van der Waals surface area contributed by atoms with Crippen molar-refractivity contribution in [2.75, 3.05) is 31.7 Å². The normalized spacial score (nSPS) is 20.3. The zero-order valence-electron chi connectivity index (χ0n) is 17.4. The Bertz CT molecular complexity index is 1000. The predicted octanol–water partition coefficient (Wildman–Crippen LogP) is 1.68. The number of carbonyl (C=O) groups is 1. The highest BCUT2D eigenvalue weighted by Gasteiger charge is 2.46. The number of amides is 1. The molecule has 4 rings (SSSR count). The van der Waals surface area contributed by atoms with Crippen LogP contribution in [-0.4, -0.2) is 64.2 Å². The number of ether oxygens (including phenoxy) is 2. The maximum Gasteiger partial charge on any atom is 0.255 e. The Morgan fingerprint density at radius 1 is 1.29 bits per heavy atom. The number of pyridine rings is 1. The van der Waals surface area contributed by atoms with E-state index in [1.807, 2.05) is 11.8 Å². The van der Waals surface area contributed by atoms with E-state index in [9.17, 15) is 14.4 Å². The quantitative estimate of drug-likeness (QED) is 0.730. The van der Waals surface area contributed by atoms with Crippen LogP contribution in [0.25, 0.3) is 0 Å². The minimum Gasteiger partial charge on any atom is -0.490 e. The number of aromatic nitrogens is 3. The van der Waals surface area contributed by atoms with Gasteiger partial charge in [-0.3, -0.25) is 9.78 Å². The van der Waals surface area contributed by atoms with Crippen molar-refractivity contribution in [2.45, 2.75) is 38.0 Å². The van der Waals surface area contributed by atoms with Crippen LogP contribution in [-0.2, 0) is 16.1 Å². The number of methoxy groups -OCH3 is 1. The summed E-state index contributed by atoms with van der Waals surface area (Å²) in [5.41, 5.74) is 0.0588. The maximum atomic E-state index is 13.7. The summed E-state index contributed by atoms with van der Waals surface area (Å²) in [6.07, 6.45) is 6.23. The average Bonchev–Trinajstić information content (AvgIpc) is 2.98. The maximum absolute atomic E-state index is 13.7. The minimum atomic E-state index is -0.991. The van der Waals surface area contributed by atoms with Crippen molar-refractivity contribution in [1.29, 1.82) is 5.26 Å². The second-order valence-corrected chi connectivity index (χ2v) is 7.77. The predicted molar refractivity (Wildman–Crippen MR) is 108 cm³/mol. The number of nitrogens with zero attached hydrogens (tertiary/aromatic N) is 6. The van der Waals surface area contributed by atoms with Gasteiger partial charge in [-0.2, -0.15) is 5.26 Å². The third kappa shape index (κ3) is 3.88. The average molecular weight is 426 g/mol. The number of piperidine rings is 1. The van der Waals surface area contributed by atoms with E-state index in [-0.39, 0.29) is 25.1 Å². The third-order valence-corrected chi connectivity index (χ3v) is 5.93. The highest BCUT2D eigenvalue weighted by molar-refractivity contribution is 5.86. The summed E-state index contributed by atoms with van der Waals surface area (Å²) in [6.45, 7) is 3.47. The molecular formula is C21H23FN6O3. The lowest BCUT2D eigenvalue weighted by Gasteiger charge is -2.43. The molecule has 0 saturated carbocycles. The van der Waals surface area contributed by atoms with Crippen molar-refractivity contribution >= 4 is 11.9 Å². The van der Waals surface area contributed by atoms with Crippen molar-refractivity contribution in [3.63, 3.8) is 0 Å². The van der Waals surface area contributed by atoms with Gasteiger partial charge in [-0.05, 0) is 6.92 Å². The molecule has 0 unspecified atom stereocenters. The summed E-state index contributed by atoms with van der Waals surface area (Å²) in [5, 5.41) is 9.34. The first-order valence-electron chi connectivity index (χ1n) is 10.1. The smallest absolute Gasteiger partial charge is 0.255 e. The fourth-order valence-electron chi connectivity index (χ4n) is 4.06. The van der Waals surface area contributed by atoms with Crippen molar-refractivity contribution in [3.8, 4) is 11.8 Å². The van der Waals surface area contributed by atoms with Crippen LogP contribution < -0.4 is 9.64 Å². The largest absolute Gasteiger partial charge is 0.490 e. The zero-order valence-corrected chi connectivity index (χ0v) is 17.4. The van der Waals surface area contributed by atoms with Gasteiger partial charge in [0.2, 0.25) is 5.95 Å². The summed E-state index contributed by atoms with van der Waals surface area (Å²) in [6, 6.07) is 1.88. The lowest BCUT2D eigenvalue weighted by atomic mass is 9.89. The molecule has 0 bridgehead atoms. The Labute approximate surface area is 179 Å². The van der Waals surface area contributed by atoms with Crippen LogP contribution in [0.3, 0.4) is 0 Å².